The van der Waals surface area contributed by atoms with Gasteiger partial charge in [-0.15, -0.1) is 0 Å². The smallest absolute Gasteiger partial charge is 0.108 e. The first-order chi connectivity index (χ1) is 7.14. The standard InChI is InChI=1S/C12H18O3/c1-12(13,9-14-2)10-15-8-11-6-4-3-5-7-11/h3-7,13H,8-10H2,1-2H3. The molecule has 3 heteroatoms. The summed E-state index contributed by atoms with van der Waals surface area (Å²) < 4.78 is 10.3. The van der Waals surface area contributed by atoms with Gasteiger partial charge in [0.1, 0.15) is 5.60 Å². The van der Waals surface area contributed by atoms with E-state index in [1.54, 1.807) is 14.0 Å². The summed E-state index contributed by atoms with van der Waals surface area (Å²) in [5, 5.41) is 9.74. The maximum Gasteiger partial charge on any atom is 0.108 e. The molecule has 0 radical (unpaired) electrons. The molecule has 0 amide bonds. The monoisotopic (exact) mass is 210 g/mol. The number of hydrogen-bond acceptors (Lipinski definition) is 3. The second-order valence-electron chi connectivity index (χ2n) is 3.91. The molecule has 3 nitrogen and oxygen atoms in total. The second-order valence-corrected chi connectivity index (χ2v) is 3.91. The molecule has 1 aromatic rings. The van der Waals surface area contributed by atoms with Crippen molar-refractivity contribution in [3.05, 3.63) is 35.9 Å². The molecule has 1 rings (SSSR count). The fourth-order valence-electron chi connectivity index (χ4n) is 1.32. The van der Waals surface area contributed by atoms with E-state index in [4.69, 9.17) is 9.47 Å². The van der Waals surface area contributed by atoms with Gasteiger partial charge in [-0.1, -0.05) is 30.3 Å². The van der Waals surface area contributed by atoms with Crippen molar-refractivity contribution in [2.24, 2.45) is 0 Å². The molecule has 1 N–H and O–H groups in total. The molecule has 0 aromatic heterocycles. The number of benzene rings is 1. The van der Waals surface area contributed by atoms with Crippen LogP contribution in [0, 0.1) is 0 Å². The zero-order valence-corrected chi connectivity index (χ0v) is 9.27. The molecule has 15 heavy (non-hydrogen) atoms. The summed E-state index contributed by atoms with van der Waals surface area (Å²) in [5.41, 5.74) is 0.189. The number of ether oxygens (including phenoxy) is 2. The van der Waals surface area contributed by atoms with Crippen LogP contribution in [0.2, 0.25) is 0 Å². The summed E-state index contributed by atoms with van der Waals surface area (Å²) in [6, 6.07) is 9.87. The lowest BCUT2D eigenvalue weighted by Crippen LogP contribution is -2.35. The van der Waals surface area contributed by atoms with E-state index >= 15 is 0 Å². The molecule has 0 spiro atoms. The Morgan fingerprint density at radius 1 is 1.20 bits per heavy atom. The average Bonchev–Trinajstić information content (AvgIpc) is 2.19. The fraction of sp³-hybridized carbons (Fsp3) is 0.500. The van der Waals surface area contributed by atoms with Gasteiger partial charge in [0.25, 0.3) is 0 Å². The Hall–Kier alpha value is -0.900. The lowest BCUT2D eigenvalue weighted by Gasteiger charge is -2.21. The van der Waals surface area contributed by atoms with Gasteiger partial charge < -0.3 is 14.6 Å². The minimum absolute atomic E-state index is 0.274. The third kappa shape index (κ3) is 4.93. The molecule has 84 valence electrons. The van der Waals surface area contributed by atoms with Gasteiger partial charge in [0.15, 0.2) is 0 Å². The summed E-state index contributed by atoms with van der Waals surface area (Å²) in [6.45, 7) is 2.76. The van der Waals surface area contributed by atoms with Crippen molar-refractivity contribution in [3.63, 3.8) is 0 Å². The van der Waals surface area contributed by atoms with Crippen molar-refractivity contribution in [2.75, 3.05) is 20.3 Å². The topological polar surface area (TPSA) is 38.7 Å². The Bertz CT molecular complexity index is 269. The first-order valence-corrected chi connectivity index (χ1v) is 4.97. The molecule has 0 heterocycles. The highest BCUT2D eigenvalue weighted by Crippen LogP contribution is 2.07. The van der Waals surface area contributed by atoms with Crippen LogP contribution in [0.15, 0.2) is 30.3 Å². The van der Waals surface area contributed by atoms with E-state index in [1.165, 1.54) is 0 Å². The predicted molar refractivity (Wildman–Crippen MR) is 58.6 cm³/mol. The molecule has 1 unspecified atom stereocenters. The van der Waals surface area contributed by atoms with Gasteiger partial charge >= 0.3 is 0 Å². The van der Waals surface area contributed by atoms with Crippen LogP contribution in [0.25, 0.3) is 0 Å². The molecule has 0 aliphatic rings. The molecule has 0 aliphatic heterocycles. The number of rotatable bonds is 6. The van der Waals surface area contributed by atoms with Gasteiger partial charge in [0.05, 0.1) is 19.8 Å². The molecule has 0 fully saturated rings. The van der Waals surface area contributed by atoms with Crippen molar-refractivity contribution in [1.29, 1.82) is 0 Å². The van der Waals surface area contributed by atoms with Crippen molar-refractivity contribution >= 4 is 0 Å². The molecular weight excluding hydrogens is 192 g/mol. The molecule has 0 aliphatic carbocycles. The third-order valence-electron chi connectivity index (χ3n) is 1.98. The minimum atomic E-state index is -0.913. The van der Waals surface area contributed by atoms with E-state index < -0.39 is 5.60 Å². The highest BCUT2D eigenvalue weighted by molar-refractivity contribution is 5.13. The lowest BCUT2D eigenvalue weighted by molar-refractivity contribution is -0.0787. The van der Waals surface area contributed by atoms with Crippen LogP contribution in [-0.2, 0) is 16.1 Å². The van der Waals surface area contributed by atoms with Crippen molar-refractivity contribution in [1.82, 2.24) is 0 Å². The number of hydrogen-bond donors (Lipinski definition) is 1. The van der Waals surface area contributed by atoms with E-state index in [1.807, 2.05) is 30.3 Å². The largest absolute Gasteiger partial charge is 0.385 e. The zero-order valence-electron chi connectivity index (χ0n) is 9.27. The predicted octanol–water partition coefficient (Wildman–Crippen LogP) is 1.60. The molecule has 0 saturated heterocycles. The summed E-state index contributed by atoms with van der Waals surface area (Å²) in [6.07, 6.45) is 0. The summed E-state index contributed by atoms with van der Waals surface area (Å²) in [5.74, 6) is 0. The number of methoxy groups -OCH3 is 1. The SMILES string of the molecule is COCC(C)(O)COCc1ccccc1. The average molecular weight is 210 g/mol. The first-order valence-electron chi connectivity index (χ1n) is 4.97. The van der Waals surface area contributed by atoms with Gasteiger partial charge in [-0.3, -0.25) is 0 Å². The quantitative estimate of drug-likeness (QED) is 0.775. The van der Waals surface area contributed by atoms with Gasteiger partial charge in [0.2, 0.25) is 0 Å². The highest BCUT2D eigenvalue weighted by atomic mass is 16.5. The maximum atomic E-state index is 9.74. The van der Waals surface area contributed by atoms with E-state index in [2.05, 4.69) is 0 Å². The third-order valence-corrected chi connectivity index (χ3v) is 1.98. The lowest BCUT2D eigenvalue weighted by atomic mass is 10.1. The van der Waals surface area contributed by atoms with Crippen molar-refractivity contribution in [3.8, 4) is 0 Å². The Balaban J connectivity index is 2.27. The zero-order chi connectivity index (χ0) is 11.1. The van der Waals surface area contributed by atoms with Crippen molar-refractivity contribution in [2.45, 2.75) is 19.1 Å². The Labute approximate surface area is 90.6 Å². The molecule has 0 saturated carbocycles. The Kier molecular flexibility index (Phi) is 4.75. The van der Waals surface area contributed by atoms with E-state index in [0.717, 1.165) is 5.56 Å². The molecule has 1 atom stereocenters. The van der Waals surface area contributed by atoms with Crippen LogP contribution in [0.3, 0.4) is 0 Å². The van der Waals surface area contributed by atoms with Crippen LogP contribution in [0.1, 0.15) is 12.5 Å². The Morgan fingerprint density at radius 3 is 2.47 bits per heavy atom. The number of aliphatic hydroxyl groups is 1. The van der Waals surface area contributed by atoms with Crippen LogP contribution >= 0.6 is 0 Å². The second kappa shape index (κ2) is 5.85. The molecule has 1 aromatic carbocycles. The van der Waals surface area contributed by atoms with Gasteiger partial charge in [-0.05, 0) is 12.5 Å². The fourth-order valence-corrected chi connectivity index (χ4v) is 1.32. The van der Waals surface area contributed by atoms with Crippen LogP contribution in [0.4, 0.5) is 0 Å². The van der Waals surface area contributed by atoms with Crippen LogP contribution in [-0.4, -0.2) is 31.0 Å². The van der Waals surface area contributed by atoms with Gasteiger partial charge in [-0.25, -0.2) is 0 Å². The van der Waals surface area contributed by atoms with Crippen LogP contribution in [0.5, 0.6) is 0 Å². The summed E-state index contributed by atoms with van der Waals surface area (Å²) in [7, 11) is 1.56. The van der Waals surface area contributed by atoms with Crippen molar-refractivity contribution < 1.29 is 14.6 Å². The molecular formula is C12H18O3. The van der Waals surface area contributed by atoms with E-state index in [-0.39, 0.29) is 13.2 Å². The summed E-state index contributed by atoms with van der Waals surface area (Å²) >= 11 is 0. The van der Waals surface area contributed by atoms with Gasteiger partial charge in [-0.2, -0.15) is 0 Å². The van der Waals surface area contributed by atoms with Crippen LogP contribution < -0.4 is 0 Å². The van der Waals surface area contributed by atoms with E-state index in [0.29, 0.717) is 6.61 Å². The normalized spacial score (nSPS) is 14.9. The minimum Gasteiger partial charge on any atom is -0.385 e. The maximum absolute atomic E-state index is 9.74. The van der Waals surface area contributed by atoms with Gasteiger partial charge in [0, 0.05) is 7.11 Å². The summed E-state index contributed by atoms with van der Waals surface area (Å²) in [4.78, 5) is 0. The Morgan fingerprint density at radius 2 is 1.87 bits per heavy atom. The first kappa shape index (κ1) is 12.2. The highest BCUT2D eigenvalue weighted by Gasteiger charge is 2.20. The molecule has 0 bridgehead atoms. The van der Waals surface area contributed by atoms with E-state index in [9.17, 15) is 5.11 Å².